The van der Waals surface area contributed by atoms with Crippen molar-refractivity contribution < 1.29 is 37.3 Å². The van der Waals surface area contributed by atoms with Gasteiger partial charge >= 0.3 is 6.03 Å². The van der Waals surface area contributed by atoms with E-state index in [0.29, 0.717) is 46.4 Å². The molecule has 2 fully saturated rings. The number of methoxy groups -OCH3 is 1. The fraction of sp³-hybridized carbons (Fsp3) is 0.303. The average Bonchev–Trinajstić information content (AvgIpc) is 3.44. The van der Waals surface area contributed by atoms with E-state index in [1.165, 1.54) is 17.8 Å². The van der Waals surface area contributed by atoms with Crippen LogP contribution >= 0.6 is 11.8 Å². The third-order valence-electron chi connectivity index (χ3n) is 7.63. The van der Waals surface area contributed by atoms with Crippen molar-refractivity contribution in [3.8, 4) is 23.0 Å². The van der Waals surface area contributed by atoms with Crippen LogP contribution in [0.1, 0.15) is 17.4 Å². The Balaban J connectivity index is 1.07. The maximum atomic E-state index is 13.8. The van der Waals surface area contributed by atoms with E-state index in [1.54, 1.807) is 43.6 Å². The summed E-state index contributed by atoms with van der Waals surface area (Å²) in [6.07, 6.45) is 2.52. The summed E-state index contributed by atoms with van der Waals surface area (Å²) in [5.74, 6) is -0.0803. The third-order valence-corrected chi connectivity index (χ3v) is 8.84. The van der Waals surface area contributed by atoms with Gasteiger partial charge in [0.2, 0.25) is 0 Å². The van der Waals surface area contributed by atoms with Crippen LogP contribution in [0.4, 0.5) is 19.3 Å². The molecule has 1 atom stereocenters. The van der Waals surface area contributed by atoms with Gasteiger partial charge < -0.3 is 24.3 Å². The molecule has 47 heavy (non-hydrogen) atoms. The average molecular weight is 666 g/mol. The number of halogens is 2. The number of nitrogens with zero attached hydrogens (tertiary/aromatic N) is 3. The highest BCUT2D eigenvalue weighted by atomic mass is 32.2. The Bertz CT molecular complexity index is 1740. The van der Waals surface area contributed by atoms with Gasteiger partial charge in [0.15, 0.2) is 23.1 Å². The number of thioether (sulfide) groups is 1. The van der Waals surface area contributed by atoms with E-state index < -0.39 is 23.0 Å². The number of hydrazine groups is 1. The Morgan fingerprint density at radius 3 is 2.60 bits per heavy atom. The summed E-state index contributed by atoms with van der Waals surface area (Å²) in [6.45, 7) is 4.88. The summed E-state index contributed by atoms with van der Waals surface area (Å²) in [5, 5.41) is 3.81. The molecule has 1 aromatic heterocycles. The number of aromatic nitrogens is 1. The molecule has 2 aliphatic rings. The van der Waals surface area contributed by atoms with Crippen LogP contribution in [0.15, 0.2) is 66.9 Å². The lowest BCUT2D eigenvalue weighted by atomic mass is 10.1. The predicted octanol–water partition coefficient (Wildman–Crippen LogP) is 5.73. The van der Waals surface area contributed by atoms with Crippen molar-refractivity contribution in [1.29, 1.82) is 0 Å². The molecule has 2 saturated heterocycles. The second kappa shape index (κ2) is 14.8. The van der Waals surface area contributed by atoms with Crippen LogP contribution in [0.25, 0.3) is 10.9 Å². The molecule has 0 saturated carbocycles. The number of benzene rings is 3. The van der Waals surface area contributed by atoms with Gasteiger partial charge in [-0.05, 0) is 60.5 Å². The van der Waals surface area contributed by atoms with E-state index in [9.17, 15) is 18.4 Å². The molecule has 3 heterocycles. The molecule has 0 radical (unpaired) electrons. The highest BCUT2D eigenvalue weighted by Gasteiger charge is 2.35. The number of anilines is 1. The number of carbonyl (C=O) groups excluding carboxylic acids is 2. The predicted molar refractivity (Wildman–Crippen MR) is 173 cm³/mol. The lowest BCUT2D eigenvalue weighted by Crippen LogP contribution is -2.46. The molecule has 3 amide bonds. The summed E-state index contributed by atoms with van der Waals surface area (Å²) in [4.78, 5) is 32.0. The largest absolute Gasteiger partial charge is 0.493 e. The number of carbonyl (C=O) groups is 2. The molecule has 4 aromatic rings. The van der Waals surface area contributed by atoms with Crippen molar-refractivity contribution in [2.24, 2.45) is 0 Å². The molecule has 0 spiro atoms. The third kappa shape index (κ3) is 7.84. The molecular formula is C33H33F2N5O6S. The number of urea groups is 1. The molecule has 0 aliphatic carbocycles. The zero-order chi connectivity index (χ0) is 32.8. The van der Waals surface area contributed by atoms with Crippen LogP contribution < -0.4 is 25.0 Å². The molecule has 2 N–H and O–H groups in total. The summed E-state index contributed by atoms with van der Waals surface area (Å²) >= 11 is 1.19. The minimum absolute atomic E-state index is 0.0786. The van der Waals surface area contributed by atoms with Crippen LogP contribution in [0.2, 0.25) is 0 Å². The van der Waals surface area contributed by atoms with Gasteiger partial charge in [0.05, 0.1) is 38.2 Å². The summed E-state index contributed by atoms with van der Waals surface area (Å²) in [6, 6.07) is 14.8. The maximum absolute atomic E-state index is 13.8. The summed E-state index contributed by atoms with van der Waals surface area (Å²) in [7, 11) is 1.59. The number of hydrogen-bond acceptors (Lipinski definition) is 9. The zero-order valence-electron chi connectivity index (χ0n) is 25.5. The smallest absolute Gasteiger partial charge is 0.338 e. The van der Waals surface area contributed by atoms with E-state index in [4.69, 9.17) is 18.9 Å². The monoisotopic (exact) mass is 665 g/mol. The Hall–Kier alpha value is -4.66. The number of fused-ring (bicyclic) bond motifs is 1. The highest BCUT2D eigenvalue weighted by Crippen LogP contribution is 2.39. The Kier molecular flexibility index (Phi) is 10.2. The molecular weight excluding hydrogens is 632 g/mol. The topological polar surface area (TPSA) is 114 Å². The first-order valence-corrected chi connectivity index (χ1v) is 16.1. The fourth-order valence-electron chi connectivity index (χ4n) is 5.24. The Morgan fingerprint density at radius 1 is 1.02 bits per heavy atom. The maximum Gasteiger partial charge on any atom is 0.338 e. The van der Waals surface area contributed by atoms with Crippen molar-refractivity contribution in [3.63, 3.8) is 0 Å². The van der Waals surface area contributed by atoms with Gasteiger partial charge in [-0.1, -0.05) is 6.07 Å². The Morgan fingerprint density at radius 2 is 1.83 bits per heavy atom. The molecule has 11 nitrogen and oxygen atoms in total. The van der Waals surface area contributed by atoms with Crippen LogP contribution in [-0.4, -0.2) is 79.1 Å². The van der Waals surface area contributed by atoms with Gasteiger partial charge in [-0.25, -0.2) is 24.0 Å². The second-order valence-electron chi connectivity index (χ2n) is 10.8. The lowest BCUT2D eigenvalue weighted by Gasteiger charge is -2.26. The number of pyridine rings is 1. The van der Waals surface area contributed by atoms with Crippen LogP contribution in [0, 0.1) is 11.6 Å². The number of rotatable bonds is 11. The first-order valence-electron chi connectivity index (χ1n) is 15.0. The lowest BCUT2D eigenvalue weighted by molar-refractivity contribution is -0.130. The van der Waals surface area contributed by atoms with Crippen LogP contribution in [0.5, 0.6) is 23.0 Å². The SMILES string of the molecule is COc1cc2c(Oc3ccc(NC(=O)NN4C(=O)CSC4c4ccc(F)c(F)c4)cc3)ccnc2cc1OCCCN1CCOCC1. The molecule has 246 valence electrons. The number of nitrogens with one attached hydrogen (secondary N) is 2. The van der Waals surface area contributed by atoms with E-state index in [-0.39, 0.29) is 11.7 Å². The minimum Gasteiger partial charge on any atom is -0.493 e. The number of hydrogen-bond donors (Lipinski definition) is 2. The molecule has 1 unspecified atom stereocenters. The first-order chi connectivity index (χ1) is 22.9. The van der Waals surface area contributed by atoms with Crippen molar-refractivity contribution in [2.75, 3.05) is 57.6 Å². The van der Waals surface area contributed by atoms with Gasteiger partial charge in [0.1, 0.15) is 16.9 Å². The second-order valence-corrected chi connectivity index (χ2v) is 11.8. The normalized spacial score (nSPS) is 16.7. The quantitative estimate of drug-likeness (QED) is 0.194. The van der Waals surface area contributed by atoms with Crippen molar-refractivity contribution in [2.45, 2.75) is 11.8 Å². The molecule has 14 heteroatoms. The zero-order valence-corrected chi connectivity index (χ0v) is 26.4. The van der Waals surface area contributed by atoms with Crippen molar-refractivity contribution in [1.82, 2.24) is 20.3 Å². The van der Waals surface area contributed by atoms with Gasteiger partial charge in [0, 0.05) is 43.0 Å². The van der Waals surface area contributed by atoms with E-state index in [2.05, 4.69) is 20.6 Å². The Labute approximate surface area is 274 Å². The van der Waals surface area contributed by atoms with Crippen LogP contribution in [0.3, 0.4) is 0 Å². The first kappa shape index (κ1) is 32.3. The van der Waals surface area contributed by atoms with Gasteiger partial charge in [-0.15, -0.1) is 11.8 Å². The van der Waals surface area contributed by atoms with Crippen LogP contribution in [-0.2, 0) is 9.53 Å². The molecule has 0 bridgehead atoms. The molecule has 2 aliphatic heterocycles. The van der Waals surface area contributed by atoms with Gasteiger partial charge in [-0.2, -0.15) is 0 Å². The van der Waals surface area contributed by atoms with E-state index in [1.807, 2.05) is 12.1 Å². The van der Waals surface area contributed by atoms with Crippen molar-refractivity contribution >= 4 is 40.3 Å². The number of amides is 3. The highest BCUT2D eigenvalue weighted by molar-refractivity contribution is 8.00. The standard InChI is InChI=1S/C33H33F2N5O6S/c1-43-29-18-24-27(19-30(29)45-14-2-11-39-12-15-44-16-13-39)36-10-9-28(24)46-23-6-4-22(5-7-23)37-33(42)38-40-31(41)20-47-32(40)21-3-8-25(34)26(35)17-21/h3-10,17-19,32H,2,11-16,20H2,1H3,(H2,37,38,42). The van der Waals surface area contributed by atoms with E-state index >= 15 is 0 Å². The van der Waals surface area contributed by atoms with Gasteiger partial charge in [0.25, 0.3) is 5.91 Å². The summed E-state index contributed by atoms with van der Waals surface area (Å²) in [5.41, 5.74) is 3.98. The minimum atomic E-state index is -1.03. The number of ether oxygens (including phenoxy) is 4. The number of morpholine rings is 1. The molecule has 6 rings (SSSR count). The van der Waals surface area contributed by atoms with Crippen molar-refractivity contribution in [3.05, 3.63) is 84.1 Å². The van der Waals surface area contributed by atoms with E-state index in [0.717, 1.165) is 61.8 Å². The summed E-state index contributed by atoms with van der Waals surface area (Å²) < 4.78 is 50.4. The fourth-order valence-corrected chi connectivity index (χ4v) is 6.34. The molecule has 3 aromatic carbocycles. The van der Waals surface area contributed by atoms with Gasteiger partial charge in [-0.3, -0.25) is 14.7 Å².